The van der Waals surface area contributed by atoms with Gasteiger partial charge in [0.05, 0.1) is 6.54 Å². The van der Waals surface area contributed by atoms with Gasteiger partial charge >= 0.3 is 12.0 Å². The lowest BCUT2D eigenvalue weighted by Crippen LogP contribution is -2.35. The van der Waals surface area contributed by atoms with Crippen LogP contribution in [0.15, 0.2) is 5.38 Å². The van der Waals surface area contributed by atoms with Crippen molar-refractivity contribution in [2.75, 3.05) is 6.54 Å². The minimum Gasteiger partial charge on any atom is -0.476 e. The number of aromatic carboxylic acids is 1. The minimum absolute atomic E-state index is 0.00423. The molecule has 3 N–H and O–H groups in total. The van der Waals surface area contributed by atoms with Gasteiger partial charge in [0.25, 0.3) is 0 Å². The fourth-order valence-electron chi connectivity index (χ4n) is 1.07. The molecule has 1 aromatic rings. The zero-order valence-electron chi connectivity index (χ0n) is 9.82. The average Bonchev–Trinajstić information content (AvgIpc) is 2.81. The van der Waals surface area contributed by atoms with E-state index in [0.29, 0.717) is 18.0 Å². The zero-order valence-corrected chi connectivity index (χ0v) is 10.6. The van der Waals surface area contributed by atoms with E-state index in [9.17, 15) is 9.59 Å². The standard InChI is InChI=1S/C11H13N3O3S/c1-2-3-4-5-12-11(17)13-6-9-14-8(7-18-9)10(15)16/h7H,4-6H2,1H3,(H,15,16)(H2,12,13,17). The molecule has 0 fully saturated rings. The fraction of sp³-hybridized carbons (Fsp3) is 0.364. The highest BCUT2D eigenvalue weighted by atomic mass is 32.1. The summed E-state index contributed by atoms with van der Waals surface area (Å²) in [6.07, 6.45) is 0.602. The van der Waals surface area contributed by atoms with Gasteiger partial charge in [0, 0.05) is 18.3 Å². The summed E-state index contributed by atoms with van der Waals surface area (Å²) in [5.41, 5.74) is -0.00423. The summed E-state index contributed by atoms with van der Waals surface area (Å²) in [5, 5.41) is 15.9. The molecule has 7 heteroatoms. The Morgan fingerprint density at radius 2 is 2.28 bits per heavy atom. The molecule has 0 aliphatic carbocycles. The Kier molecular flexibility index (Phi) is 5.67. The lowest BCUT2D eigenvalue weighted by molar-refractivity contribution is 0.0691. The molecule has 0 atom stereocenters. The van der Waals surface area contributed by atoms with Crippen LogP contribution in [-0.2, 0) is 6.54 Å². The Labute approximate surface area is 108 Å². The third-order valence-electron chi connectivity index (χ3n) is 1.88. The number of carbonyl (C=O) groups excluding carboxylic acids is 1. The third-order valence-corrected chi connectivity index (χ3v) is 2.73. The zero-order chi connectivity index (χ0) is 13.4. The van der Waals surface area contributed by atoms with E-state index in [4.69, 9.17) is 5.11 Å². The number of carboxylic acids is 1. The molecule has 18 heavy (non-hydrogen) atoms. The predicted molar refractivity (Wildman–Crippen MR) is 67.4 cm³/mol. The fourth-order valence-corrected chi connectivity index (χ4v) is 1.78. The van der Waals surface area contributed by atoms with Crippen LogP contribution in [0.4, 0.5) is 4.79 Å². The number of thiazole rings is 1. The Morgan fingerprint density at radius 3 is 2.89 bits per heavy atom. The van der Waals surface area contributed by atoms with Crippen molar-refractivity contribution in [3.8, 4) is 11.8 Å². The van der Waals surface area contributed by atoms with Crippen LogP contribution in [-0.4, -0.2) is 28.6 Å². The summed E-state index contributed by atoms with van der Waals surface area (Å²) in [5.74, 6) is 4.48. The van der Waals surface area contributed by atoms with Crippen LogP contribution in [0.25, 0.3) is 0 Å². The molecule has 2 amide bonds. The molecule has 1 heterocycles. The normalized spacial score (nSPS) is 9.17. The smallest absolute Gasteiger partial charge is 0.355 e. The van der Waals surface area contributed by atoms with Crippen LogP contribution >= 0.6 is 11.3 Å². The van der Waals surface area contributed by atoms with Crippen molar-refractivity contribution in [2.24, 2.45) is 0 Å². The van der Waals surface area contributed by atoms with Crippen LogP contribution in [0.5, 0.6) is 0 Å². The number of carbonyl (C=O) groups is 2. The molecule has 0 spiro atoms. The van der Waals surface area contributed by atoms with E-state index in [1.54, 1.807) is 6.92 Å². The Balaban J connectivity index is 2.28. The van der Waals surface area contributed by atoms with Gasteiger partial charge < -0.3 is 15.7 Å². The maximum Gasteiger partial charge on any atom is 0.355 e. The third kappa shape index (κ3) is 4.84. The van der Waals surface area contributed by atoms with Gasteiger partial charge in [0.1, 0.15) is 5.01 Å². The average molecular weight is 267 g/mol. The highest BCUT2D eigenvalue weighted by molar-refractivity contribution is 7.09. The number of hydrogen-bond acceptors (Lipinski definition) is 4. The van der Waals surface area contributed by atoms with Crippen molar-refractivity contribution in [3.05, 3.63) is 16.1 Å². The van der Waals surface area contributed by atoms with Gasteiger partial charge in [-0.15, -0.1) is 23.2 Å². The van der Waals surface area contributed by atoms with Gasteiger partial charge in [-0.05, 0) is 6.92 Å². The van der Waals surface area contributed by atoms with Crippen molar-refractivity contribution in [3.63, 3.8) is 0 Å². The van der Waals surface area contributed by atoms with E-state index >= 15 is 0 Å². The van der Waals surface area contributed by atoms with Crippen LogP contribution < -0.4 is 10.6 Å². The Morgan fingerprint density at radius 1 is 1.50 bits per heavy atom. The summed E-state index contributed by atoms with van der Waals surface area (Å²) in [6.45, 7) is 2.43. The summed E-state index contributed by atoms with van der Waals surface area (Å²) in [4.78, 5) is 25.7. The molecule has 0 aliphatic rings. The van der Waals surface area contributed by atoms with Gasteiger partial charge in [0.15, 0.2) is 5.69 Å². The molecule has 0 aliphatic heterocycles. The largest absolute Gasteiger partial charge is 0.476 e. The molecular formula is C11H13N3O3S. The molecule has 96 valence electrons. The second kappa shape index (κ2) is 7.29. The molecule has 0 aromatic carbocycles. The first-order valence-corrected chi connectivity index (χ1v) is 6.10. The summed E-state index contributed by atoms with van der Waals surface area (Å²) >= 11 is 1.20. The number of carboxylic acid groups (broad SMARTS) is 1. The van der Waals surface area contributed by atoms with Crippen molar-refractivity contribution in [1.29, 1.82) is 0 Å². The maximum atomic E-state index is 11.3. The Bertz CT molecular complexity index is 487. The highest BCUT2D eigenvalue weighted by Gasteiger charge is 2.08. The second-order valence-electron chi connectivity index (χ2n) is 3.22. The topological polar surface area (TPSA) is 91.3 Å². The van der Waals surface area contributed by atoms with Crippen LogP contribution in [0.2, 0.25) is 0 Å². The van der Waals surface area contributed by atoms with Crippen molar-refractivity contribution in [2.45, 2.75) is 19.9 Å². The van der Waals surface area contributed by atoms with Crippen molar-refractivity contribution < 1.29 is 14.7 Å². The van der Waals surface area contributed by atoms with Crippen LogP contribution in [0, 0.1) is 11.8 Å². The number of nitrogens with zero attached hydrogens (tertiary/aromatic N) is 1. The van der Waals surface area contributed by atoms with Crippen molar-refractivity contribution >= 4 is 23.3 Å². The quantitative estimate of drug-likeness (QED) is 0.549. The number of nitrogens with one attached hydrogen (secondary N) is 2. The molecule has 0 bridgehead atoms. The molecule has 1 rings (SSSR count). The summed E-state index contributed by atoms with van der Waals surface area (Å²) in [7, 11) is 0. The van der Waals surface area contributed by atoms with E-state index in [2.05, 4.69) is 27.5 Å². The molecule has 0 saturated heterocycles. The van der Waals surface area contributed by atoms with Gasteiger partial charge in [-0.1, -0.05) is 0 Å². The minimum atomic E-state index is -1.07. The first kappa shape index (κ1) is 14.0. The molecule has 1 aromatic heterocycles. The number of hydrogen-bond donors (Lipinski definition) is 3. The van der Waals surface area contributed by atoms with Crippen molar-refractivity contribution in [1.82, 2.24) is 15.6 Å². The SMILES string of the molecule is CC#CCCNC(=O)NCc1nc(C(=O)O)cs1. The summed E-state index contributed by atoms with van der Waals surface area (Å²) < 4.78 is 0. The van der Waals surface area contributed by atoms with Gasteiger partial charge in [-0.3, -0.25) is 0 Å². The molecular weight excluding hydrogens is 254 g/mol. The van der Waals surface area contributed by atoms with E-state index in [1.807, 2.05) is 0 Å². The molecule has 6 nitrogen and oxygen atoms in total. The molecule has 0 radical (unpaired) electrons. The van der Waals surface area contributed by atoms with E-state index in [1.165, 1.54) is 16.7 Å². The van der Waals surface area contributed by atoms with Crippen LogP contribution in [0.3, 0.4) is 0 Å². The van der Waals surface area contributed by atoms with E-state index < -0.39 is 5.97 Å². The number of amides is 2. The van der Waals surface area contributed by atoms with Gasteiger partial charge in [-0.2, -0.15) is 0 Å². The first-order valence-electron chi connectivity index (χ1n) is 5.22. The predicted octanol–water partition coefficient (Wildman–Crippen LogP) is 1.05. The maximum absolute atomic E-state index is 11.3. The lowest BCUT2D eigenvalue weighted by Gasteiger charge is -2.03. The highest BCUT2D eigenvalue weighted by Crippen LogP contribution is 2.08. The second-order valence-corrected chi connectivity index (χ2v) is 4.16. The number of aromatic nitrogens is 1. The monoisotopic (exact) mass is 267 g/mol. The van der Waals surface area contributed by atoms with E-state index in [-0.39, 0.29) is 18.3 Å². The van der Waals surface area contributed by atoms with Gasteiger partial charge in [0.2, 0.25) is 0 Å². The first-order chi connectivity index (χ1) is 8.63. The lowest BCUT2D eigenvalue weighted by atomic mass is 10.4. The van der Waals surface area contributed by atoms with Gasteiger partial charge in [-0.25, -0.2) is 14.6 Å². The Hall–Kier alpha value is -2.07. The van der Waals surface area contributed by atoms with E-state index in [0.717, 1.165) is 0 Å². The molecule has 0 saturated carbocycles. The van der Waals surface area contributed by atoms with Crippen LogP contribution in [0.1, 0.15) is 28.8 Å². The summed E-state index contributed by atoms with van der Waals surface area (Å²) in [6, 6.07) is -0.319. The number of rotatable bonds is 5. The number of urea groups is 1. The molecule has 0 unspecified atom stereocenters.